The Balaban J connectivity index is 2.36. The van der Waals surface area contributed by atoms with Gasteiger partial charge < -0.3 is 4.74 Å². The lowest BCUT2D eigenvalue weighted by Crippen LogP contribution is -2.30. The summed E-state index contributed by atoms with van der Waals surface area (Å²) in [6.45, 7) is 0. The van der Waals surface area contributed by atoms with Crippen molar-refractivity contribution in [1.82, 2.24) is 5.43 Å². The van der Waals surface area contributed by atoms with E-state index in [-0.39, 0.29) is 5.91 Å². The van der Waals surface area contributed by atoms with Crippen molar-refractivity contribution in [1.29, 1.82) is 0 Å². The van der Waals surface area contributed by atoms with Gasteiger partial charge in [0.1, 0.15) is 5.75 Å². The van der Waals surface area contributed by atoms with Crippen molar-refractivity contribution in [3.63, 3.8) is 0 Å². The molecule has 0 radical (unpaired) electrons. The molecule has 4 heteroatoms. The summed E-state index contributed by atoms with van der Waals surface area (Å²) in [6.07, 6.45) is 2.38. The van der Waals surface area contributed by atoms with Gasteiger partial charge in [0.05, 0.1) is 7.11 Å². The Bertz CT molecular complexity index is 386. The maximum Gasteiger partial charge on any atom is 0.265 e. The van der Waals surface area contributed by atoms with Gasteiger partial charge >= 0.3 is 0 Å². The number of hydrazine groups is 1. The highest BCUT2D eigenvalue weighted by Gasteiger charge is 2.25. The standard InChI is InChI=1S/C11H14N2O2/c1-15-10-5-8(7-2-3-7)4-9(6-10)11(14)13-12/h4-7H,2-3,12H2,1H3,(H,13,14). The smallest absolute Gasteiger partial charge is 0.265 e. The number of ether oxygens (including phenoxy) is 1. The molecule has 0 heterocycles. The van der Waals surface area contributed by atoms with Gasteiger partial charge in [-0.1, -0.05) is 0 Å². The number of rotatable bonds is 3. The number of amides is 1. The lowest BCUT2D eigenvalue weighted by atomic mass is 10.1. The Hall–Kier alpha value is -1.55. The van der Waals surface area contributed by atoms with Gasteiger partial charge in [-0.3, -0.25) is 10.2 Å². The lowest BCUT2D eigenvalue weighted by molar-refractivity contribution is 0.0953. The second kappa shape index (κ2) is 3.90. The van der Waals surface area contributed by atoms with Crippen LogP contribution in [-0.4, -0.2) is 13.0 Å². The Morgan fingerprint density at radius 3 is 2.73 bits per heavy atom. The van der Waals surface area contributed by atoms with Crippen LogP contribution in [0.3, 0.4) is 0 Å². The fourth-order valence-electron chi connectivity index (χ4n) is 1.61. The monoisotopic (exact) mass is 206 g/mol. The summed E-state index contributed by atoms with van der Waals surface area (Å²) >= 11 is 0. The van der Waals surface area contributed by atoms with Gasteiger partial charge in [-0.25, -0.2) is 5.84 Å². The number of hydrogen-bond acceptors (Lipinski definition) is 3. The van der Waals surface area contributed by atoms with E-state index in [1.54, 1.807) is 13.2 Å². The van der Waals surface area contributed by atoms with Crippen molar-refractivity contribution < 1.29 is 9.53 Å². The molecule has 1 aliphatic rings. The van der Waals surface area contributed by atoms with Crippen molar-refractivity contribution in [3.8, 4) is 5.75 Å². The number of carbonyl (C=O) groups is 1. The highest BCUT2D eigenvalue weighted by Crippen LogP contribution is 2.41. The van der Waals surface area contributed by atoms with E-state index in [0.29, 0.717) is 17.2 Å². The molecule has 2 rings (SSSR count). The van der Waals surface area contributed by atoms with Gasteiger partial charge in [-0.05, 0) is 42.5 Å². The van der Waals surface area contributed by atoms with E-state index in [1.165, 1.54) is 12.8 Å². The third-order valence-electron chi connectivity index (χ3n) is 2.61. The Labute approximate surface area is 88.4 Å². The number of methoxy groups -OCH3 is 1. The second-order valence-corrected chi connectivity index (χ2v) is 3.74. The van der Waals surface area contributed by atoms with Gasteiger partial charge in [0, 0.05) is 5.56 Å². The molecule has 1 amide bonds. The van der Waals surface area contributed by atoms with E-state index in [9.17, 15) is 4.79 Å². The van der Waals surface area contributed by atoms with E-state index in [2.05, 4.69) is 5.43 Å². The molecule has 15 heavy (non-hydrogen) atoms. The van der Waals surface area contributed by atoms with Crippen molar-refractivity contribution in [2.24, 2.45) is 5.84 Å². The second-order valence-electron chi connectivity index (χ2n) is 3.74. The molecule has 0 saturated heterocycles. The molecule has 1 aromatic carbocycles. The molecule has 0 aromatic heterocycles. The zero-order valence-electron chi connectivity index (χ0n) is 8.62. The zero-order valence-corrected chi connectivity index (χ0v) is 8.62. The van der Waals surface area contributed by atoms with Crippen LogP contribution in [0.4, 0.5) is 0 Å². The highest BCUT2D eigenvalue weighted by atomic mass is 16.5. The first-order valence-electron chi connectivity index (χ1n) is 4.94. The Morgan fingerprint density at radius 2 is 2.20 bits per heavy atom. The predicted molar refractivity (Wildman–Crippen MR) is 56.6 cm³/mol. The van der Waals surface area contributed by atoms with Gasteiger partial charge in [0.25, 0.3) is 5.91 Å². The van der Waals surface area contributed by atoms with Crippen molar-refractivity contribution >= 4 is 5.91 Å². The molecule has 0 aliphatic heterocycles. The topological polar surface area (TPSA) is 64.3 Å². The molecule has 3 N–H and O–H groups in total. The van der Waals surface area contributed by atoms with Gasteiger partial charge in [0.15, 0.2) is 0 Å². The normalized spacial score (nSPS) is 14.8. The molecule has 4 nitrogen and oxygen atoms in total. The van der Waals surface area contributed by atoms with Crippen molar-refractivity contribution in [2.75, 3.05) is 7.11 Å². The minimum Gasteiger partial charge on any atom is -0.497 e. The summed E-state index contributed by atoms with van der Waals surface area (Å²) in [7, 11) is 1.59. The van der Waals surface area contributed by atoms with Crippen LogP contribution in [0.5, 0.6) is 5.75 Å². The van der Waals surface area contributed by atoms with E-state index in [1.807, 2.05) is 12.1 Å². The molecule has 1 saturated carbocycles. The highest BCUT2D eigenvalue weighted by molar-refractivity contribution is 5.94. The van der Waals surface area contributed by atoms with E-state index in [4.69, 9.17) is 10.6 Å². The quantitative estimate of drug-likeness (QED) is 0.443. The summed E-state index contributed by atoms with van der Waals surface area (Å²) in [5.41, 5.74) is 3.84. The number of hydrogen-bond donors (Lipinski definition) is 2. The SMILES string of the molecule is COc1cc(C(=O)NN)cc(C2CC2)c1. The van der Waals surface area contributed by atoms with Crippen LogP contribution < -0.4 is 16.0 Å². The van der Waals surface area contributed by atoms with E-state index < -0.39 is 0 Å². The molecule has 1 aliphatic carbocycles. The number of benzene rings is 1. The molecule has 0 unspecified atom stereocenters. The van der Waals surface area contributed by atoms with Crippen molar-refractivity contribution in [2.45, 2.75) is 18.8 Å². The summed E-state index contributed by atoms with van der Waals surface area (Å²) in [4.78, 5) is 11.4. The van der Waals surface area contributed by atoms with Crippen LogP contribution >= 0.6 is 0 Å². The first-order chi connectivity index (χ1) is 7.24. The molecule has 80 valence electrons. The maximum atomic E-state index is 11.4. The van der Waals surface area contributed by atoms with E-state index in [0.717, 1.165) is 5.56 Å². The van der Waals surface area contributed by atoms with Gasteiger partial charge in [-0.15, -0.1) is 0 Å². The number of carbonyl (C=O) groups excluding carboxylic acids is 1. The van der Waals surface area contributed by atoms with Crippen LogP contribution in [0.15, 0.2) is 18.2 Å². The molecule has 0 spiro atoms. The molecular weight excluding hydrogens is 192 g/mol. The molecular formula is C11H14N2O2. The summed E-state index contributed by atoms with van der Waals surface area (Å²) in [5.74, 6) is 6.11. The zero-order chi connectivity index (χ0) is 10.8. The first kappa shape index (κ1) is 9.98. The Morgan fingerprint density at radius 1 is 1.47 bits per heavy atom. The molecule has 1 fully saturated rings. The average molecular weight is 206 g/mol. The van der Waals surface area contributed by atoms with Crippen molar-refractivity contribution in [3.05, 3.63) is 29.3 Å². The van der Waals surface area contributed by atoms with Crippen LogP contribution in [0.25, 0.3) is 0 Å². The van der Waals surface area contributed by atoms with E-state index >= 15 is 0 Å². The number of nitrogens with two attached hydrogens (primary N) is 1. The predicted octanol–water partition coefficient (Wildman–Crippen LogP) is 1.18. The summed E-state index contributed by atoms with van der Waals surface area (Å²) in [6, 6.07) is 5.54. The largest absolute Gasteiger partial charge is 0.497 e. The van der Waals surface area contributed by atoms with Gasteiger partial charge in [-0.2, -0.15) is 0 Å². The molecule has 0 atom stereocenters. The third kappa shape index (κ3) is 2.10. The minimum atomic E-state index is -0.282. The fraction of sp³-hybridized carbons (Fsp3) is 0.364. The van der Waals surface area contributed by atoms with Crippen LogP contribution in [0, 0.1) is 0 Å². The lowest BCUT2D eigenvalue weighted by Gasteiger charge is -2.07. The number of nitrogen functional groups attached to an aromatic ring is 1. The first-order valence-corrected chi connectivity index (χ1v) is 4.94. The van der Waals surface area contributed by atoms with Crippen LogP contribution in [-0.2, 0) is 0 Å². The summed E-state index contributed by atoms with van der Waals surface area (Å²) < 4.78 is 5.15. The Kier molecular flexibility index (Phi) is 2.60. The molecule has 1 aromatic rings. The fourth-order valence-corrected chi connectivity index (χ4v) is 1.61. The number of nitrogens with one attached hydrogen (secondary N) is 1. The third-order valence-corrected chi connectivity index (χ3v) is 2.61. The van der Waals surface area contributed by atoms with Gasteiger partial charge in [0.2, 0.25) is 0 Å². The minimum absolute atomic E-state index is 0.282. The summed E-state index contributed by atoms with van der Waals surface area (Å²) in [5, 5.41) is 0. The average Bonchev–Trinajstić information content (AvgIpc) is 3.11. The maximum absolute atomic E-state index is 11.4. The van der Waals surface area contributed by atoms with Crippen LogP contribution in [0.2, 0.25) is 0 Å². The van der Waals surface area contributed by atoms with Crippen LogP contribution in [0.1, 0.15) is 34.7 Å². The molecule has 0 bridgehead atoms.